The van der Waals surface area contributed by atoms with Crippen molar-refractivity contribution in [2.24, 2.45) is 0 Å². The lowest BCUT2D eigenvalue weighted by atomic mass is 9.96. The van der Waals surface area contributed by atoms with Crippen LogP contribution < -0.4 is 5.32 Å². The molecule has 2 rings (SSSR count). The maximum absolute atomic E-state index is 2.58. The Kier molecular flexibility index (Phi) is 5.91. The largest absolute Gasteiger partial charge is 0.340 e. The Hall–Kier alpha value is -0.820. The Morgan fingerprint density at radius 1 is 0.947 bits per heavy atom. The minimum absolute atomic E-state index is 0.642. The van der Waals surface area contributed by atoms with Crippen molar-refractivity contribution in [3.05, 3.63) is 35.4 Å². The molecule has 1 aromatic carbocycles. The van der Waals surface area contributed by atoms with Gasteiger partial charge in [0.2, 0.25) is 0 Å². The zero-order valence-corrected chi connectivity index (χ0v) is 12.7. The lowest BCUT2D eigenvalue weighted by Crippen LogP contribution is -2.88. The molecule has 106 valence electrons. The zero-order valence-electron chi connectivity index (χ0n) is 12.7. The van der Waals surface area contributed by atoms with Gasteiger partial charge in [-0.05, 0) is 37.2 Å². The van der Waals surface area contributed by atoms with Crippen molar-refractivity contribution >= 4 is 0 Å². The number of rotatable bonds is 4. The second-order valence-electron chi connectivity index (χ2n) is 6.44. The van der Waals surface area contributed by atoms with E-state index in [-0.39, 0.29) is 0 Å². The summed E-state index contributed by atoms with van der Waals surface area (Å²) in [7, 11) is 0. The highest BCUT2D eigenvalue weighted by Crippen LogP contribution is 2.16. The highest BCUT2D eigenvalue weighted by molar-refractivity contribution is 5.23. The fourth-order valence-corrected chi connectivity index (χ4v) is 3.06. The molecule has 0 unspecified atom stereocenters. The van der Waals surface area contributed by atoms with Gasteiger partial charge in [-0.15, -0.1) is 0 Å². The molecule has 1 heteroatoms. The van der Waals surface area contributed by atoms with Gasteiger partial charge in [0.05, 0.1) is 6.04 Å². The van der Waals surface area contributed by atoms with E-state index < -0.39 is 0 Å². The average Bonchev–Trinajstić information content (AvgIpc) is 2.38. The van der Waals surface area contributed by atoms with Gasteiger partial charge in [0.1, 0.15) is 6.54 Å². The van der Waals surface area contributed by atoms with Crippen LogP contribution in [0.1, 0.15) is 75.8 Å². The van der Waals surface area contributed by atoms with Crippen LogP contribution in [0.5, 0.6) is 0 Å². The number of hydrogen-bond donors (Lipinski definition) is 1. The standard InChI is InChI=1S/C18H29N/c1-15(2)17-12-10-16(11-13-17)14-19-18-8-6-4-3-5-7-9-18/h10-13,15,18-19H,3-9,14H2,1-2H3/p+1. The van der Waals surface area contributed by atoms with E-state index in [9.17, 15) is 0 Å². The first-order valence-corrected chi connectivity index (χ1v) is 8.18. The van der Waals surface area contributed by atoms with Gasteiger partial charge in [0.25, 0.3) is 0 Å². The summed E-state index contributed by atoms with van der Waals surface area (Å²) >= 11 is 0. The number of quaternary nitrogens is 1. The minimum atomic E-state index is 0.642. The van der Waals surface area contributed by atoms with Crippen molar-refractivity contribution in [1.82, 2.24) is 0 Å². The molecule has 0 aromatic heterocycles. The summed E-state index contributed by atoms with van der Waals surface area (Å²) in [5, 5.41) is 2.58. The van der Waals surface area contributed by atoms with Crippen LogP contribution in [0.15, 0.2) is 24.3 Å². The molecule has 0 heterocycles. The predicted octanol–water partition coefficient (Wildman–Crippen LogP) is 3.99. The van der Waals surface area contributed by atoms with Crippen molar-refractivity contribution in [1.29, 1.82) is 0 Å². The molecular weight excluding hydrogens is 230 g/mol. The third-order valence-electron chi connectivity index (χ3n) is 4.48. The van der Waals surface area contributed by atoms with Crippen LogP contribution in [0.4, 0.5) is 0 Å². The van der Waals surface area contributed by atoms with Crippen molar-refractivity contribution < 1.29 is 5.32 Å². The van der Waals surface area contributed by atoms with E-state index in [1.807, 2.05) is 0 Å². The summed E-state index contributed by atoms with van der Waals surface area (Å²) < 4.78 is 0. The van der Waals surface area contributed by atoms with Crippen LogP contribution in [0.3, 0.4) is 0 Å². The second kappa shape index (κ2) is 7.69. The van der Waals surface area contributed by atoms with Crippen molar-refractivity contribution in [2.75, 3.05) is 0 Å². The molecule has 1 aliphatic rings. The van der Waals surface area contributed by atoms with E-state index in [1.165, 1.54) is 56.1 Å². The van der Waals surface area contributed by atoms with Gasteiger partial charge in [0, 0.05) is 5.56 Å². The monoisotopic (exact) mass is 260 g/mol. The van der Waals surface area contributed by atoms with Crippen LogP contribution in [0.25, 0.3) is 0 Å². The van der Waals surface area contributed by atoms with E-state index in [1.54, 1.807) is 0 Å². The highest BCUT2D eigenvalue weighted by atomic mass is 14.9. The molecule has 0 atom stereocenters. The van der Waals surface area contributed by atoms with E-state index in [2.05, 4.69) is 43.4 Å². The van der Waals surface area contributed by atoms with Gasteiger partial charge in [-0.2, -0.15) is 0 Å². The molecule has 1 saturated carbocycles. The fourth-order valence-electron chi connectivity index (χ4n) is 3.06. The average molecular weight is 260 g/mol. The number of nitrogens with two attached hydrogens (primary N) is 1. The van der Waals surface area contributed by atoms with Crippen molar-refractivity contribution in [3.8, 4) is 0 Å². The van der Waals surface area contributed by atoms with Gasteiger partial charge >= 0.3 is 0 Å². The summed E-state index contributed by atoms with van der Waals surface area (Å²) in [5.41, 5.74) is 2.93. The smallest absolute Gasteiger partial charge is 0.101 e. The molecule has 0 amide bonds. The zero-order chi connectivity index (χ0) is 13.5. The summed E-state index contributed by atoms with van der Waals surface area (Å²) in [5.74, 6) is 0.642. The normalized spacial score (nSPS) is 18.3. The molecule has 0 aliphatic heterocycles. The Morgan fingerprint density at radius 3 is 2.11 bits per heavy atom. The third kappa shape index (κ3) is 4.99. The molecule has 1 aliphatic carbocycles. The molecule has 1 aromatic rings. The van der Waals surface area contributed by atoms with Gasteiger partial charge in [-0.3, -0.25) is 0 Å². The first-order chi connectivity index (χ1) is 9.25. The summed E-state index contributed by atoms with van der Waals surface area (Å²) in [6.07, 6.45) is 10.1. The van der Waals surface area contributed by atoms with Crippen molar-refractivity contribution in [2.45, 2.75) is 77.3 Å². The molecule has 0 radical (unpaired) electrons. The number of benzene rings is 1. The summed E-state index contributed by atoms with van der Waals surface area (Å²) in [6, 6.07) is 10.1. The molecular formula is C18H30N+. The van der Waals surface area contributed by atoms with Gasteiger partial charge in [-0.1, -0.05) is 57.4 Å². The Balaban J connectivity index is 1.80. The fraction of sp³-hybridized carbons (Fsp3) is 0.667. The van der Waals surface area contributed by atoms with Crippen LogP contribution in [0.2, 0.25) is 0 Å². The maximum Gasteiger partial charge on any atom is 0.101 e. The van der Waals surface area contributed by atoms with Gasteiger partial charge < -0.3 is 5.32 Å². The van der Waals surface area contributed by atoms with E-state index in [0.717, 1.165) is 12.6 Å². The Bertz CT molecular complexity index is 344. The number of hydrogen-bond acceptors (Lipinski definition) is 0. The van der Waals surface area contributed by atoms with Crippen LogP contribution in [-0.4, -0.2) is 6.04 Å². The van der Waals surface area contributed by atoms with Crippen LogP contribution in [0, 0.1) is 0 Å². The molecule has 1 nitrogen and oxygen atoms in total. The molecule has 0 bridgehead atoms. The Morgan fingerprint density at radius 2 is 1.53 bits per heavy atom. The molecule has 19 heavy (non-hydrogen) atoms. The summed E-state index contributed by atoms with van der Waals surface area (Å²) in [6.45, 7) is 5.67. The minimum Gasteiger partial charge on any atom is -0.340 e. The van der Waals surface area contributed by atoms with Crippen molar-refractivity contribution in [3.63, 3.8) is 0 Å². The SMILES string of the molecule is CC(C)c1ccc(C[NH2+]C2CCCCCCC2)cc1. The second-order valence-corrected chi connectivity index (χ2v) is 6.44. The molecule has 0 saturated heterocycles. The molecule has 2 N–H and O–H groups in total. The third-order valence-corrected chi connectivity index (χ3v) is 4.48. The quantitative estimate of drug-likeness (QED) is 0.843. The van der Waals surface area contributed by atoms with Crippen LogP contribution >= 0.6 is 0 Å². The van der Waals surface area contributed by atoms with E-state index in [4.69, 9.17) is 0 Å². The first-order valence-electron chi connectivity index (χ1n) is 8.18. The lowest BCUT2D eigenvalue weighted by Gasteiger charge is -2.18. The topological polar surface area (TPSA) is 16.6 Å². The Labute approximate surface area is 118 Å². The maximum atomic E-state index is 2.58. The first kappa shape index (κ1) is 14.6. The van der Waals surface area contributed by atoms with Gasteiger partial charge in [0.15, 0.2) is 0 Å². The van der Waals surface area contributed by atoms with Crippen LogP contribution in [-0.2, 0) is 6.54 Å². The molecule has 1 fully saturated rings. The van der Waals surface area contributed by atoms with Gasteiger partial charge in [-0.25, -0.2) is 0 Å². The summed E-state index contributed by atoms with van der Waals surface area (Å²) in [4.78, 5) is 0. The van der Waals surface area contributed by atoms with E-state index >= 15 is 0 Å². The molecule has 0 spiro atoms. The lowest BCUT2D eigenvalue weighted by molar-refractivity contribution is -0.706. The highest BCUT2D eigenvalue weighted by Gasteiger charge is 2.13. The predicted molar refractivity (Wildman–Crippen MR) is 82.3 cm³/mol. The van der Waals surface area contributed by atoms with E-state index in [0.29, 0.717) is 5.92 Å².